The fraction of sp³-hybridized carbons (Fsp3) is 0.182. The zero-order valence-corrected chi connectivity index (χ0v) is 15.6. The lowest BCUT2D eigenvalue weighted by molar-refractivity contribution is 0.475. The van der Waals surface area contributed by atoms with Crippen LogP contribution in [0.25, 0.3) is 0 Å². The van der Waals surface area contributed by atoms with Crippen molar-refractivity contribution in [2.24, 2.45) is 0 Å². The van der Waals surface area contributed by atoms with Gasteiger partial charge in [0.15, 0.2) is 0 Å². The first-order valence-corrected chi connectivity index (χ1v) is 9.55. The number of benzene rings is 3. The third-order valence-corrected chi connectivity index (χ3v) is 7.49. The molecule has 0 aliphatic heterocycles. The molecule has 122 valence electrons. The Kier molecular flexibility index (Phi) is 4.73. The summed E-state index contributed by atoms with van der Waals surface area (Å²) < 4.78 is 0. The van der Waals surface area contributed by atoms with Crippen LogP contribution in [0.2, 0.25) is 0 Å². The maximum absolute atomic E-state index is 9.68. The van der Waals surface area contributed by atoms with Crippen LogP contribution in [0.15, 0.2) is 60.7 Å². The molecular weight excluding hydrogens is 311 g/mol. The summed E-state index contributed by atoms with van der Waals surface area (Å²) in [5.74, 6) is 0.315. The molecule has 0 aliphatic carbocycles. The number of aromatic hydroxyl groups is 1. The summed E-state index contributed by atoms with van der Waals surface area (Å²) in [7, 11) is -0.644. The van der Waals surface area contributed by atoms with E-state index in [4.69, 9.17) is 0 Å². The van der Waals surface area contributed by atoms with Gasteiger partial charge in [-0.05, 0) is 85.9 Å². The lowest BCUT2D eigenvalue weighted by Crippen LogP contribution is -2.25. The zero-order chi connectivity index (χ0) is 17.3. The van der Waals surface area contributed by atoms with E-state index in [9.17, 15) is 5.11 Å². The van der Waals surface area contributed by atoms with E-state index >= 15 is 0 Å². The number of hydrogen-bond acceptors (Lipinski definition) is 1. The van der Waals surface area contributed by atoms with Gasteiger partial charge in [-0.3, -0.25) is 0 Å². The molecule has 0 saturated carbocycles. The van der Waals surface area contributed by atoms with Gasteiger partial charge in [0.2, 0.25) is 0 Å². The SMILES string of the molecule is Cc1cccc(P(c2ccc(O)cc2)c2cccc(C)c2C)c1C. The third-order valence-electron chi connectivity index (χ3n) is 4.74. The molecule has 0 heterocycles. The van der Waals surface area contributed by atoms with Crippen molar-refractivity contribution < 1.29 is 5.11 Å². The Morgan fingerprint density at radius 2 is 1.08 bits per heavy atom. The molecule has 24 heavy (non-hydrogen) atoms. The van der Waals surface area contributed by atoms with Crippen molar-refractivity contribution in [2.75, 3.05) is 0 Å². The fourth-order valence-electron chi connectivity index (χ4n) is 2.97. The van der Waals surface area contributed by atoms with Gasteiger partial charge in [0.05, 0.1) is 0 Å². The van der Waals surface area contributed by atoms with Gasteiger partial charge in [-0.1, -0.05) is 48.5 Å². The van der Waals surface area contributed by atoms with Gasteiger partial charge in [-0.15, -0.1) is 0 Å². The molecule has 0 spiro atoms. The van der Waals surface area contributed by atoms with Gasteiger partial charge in [-0.25, -0.2) is 0 Å². The number of aryl methyl sites for hydroxylation is 2. The molecule has 1 N–H and O–H groups in total. The normalized spacial score (nSPS) is 11.0. The number of rotatable bonds is 3. The highest BCUT2D eigenvalue weighted by Crippen LogP contribution is 2.36. The Bertz CT molecular complexity index is 814. The topological polar surface area (TPSA) is 20.2 Å². The van der Waals surface area contributed by atoms with E-state index in [0.717, 1.165) is 0 Å². The van der Waals surface area contributed by atoms with Crippen molar-refractivity contribution in [3.63, 3.8) is 0 Å². The molecule has 1 nitrogen and oxygen atoms in total. The van der Waals surface area contributed by atoms with Crippen molar-refractivity contribution in [2.45, 2.75) is 27.7 Å². The number of phenols is 1. The second-order valence-electron chi connectivity index (χ2n) is 6.29. The van der Waals surface area contributed by atoms with Gasteiger partial charge in [-0.2, -0.15) is 0 Å². The average Bonchev–Trinajstić information content (AvgIpc) is 2.57. The largest absolute Gasteiger partial charge is 0.508 e. The van der Waals surface area contributed by atoms with Crippen LogP contribution in [-0.2, 0) is 0 Å². The summed E-state index contributed by atoms with van der Waals surface area (Å²) in [6.45, 7) is 8.77. The van der Waals surface area contributed by atoms with Crippen LogP contribution in [0, 0.1) is 27.7 Å². The summed E-state index contributed by atoms with van der Waals surface area (Å²) in [6.07, 6.45) is 0. The third kappa shape index (κ3) is 3.09. The van der Waals surface area contributed by atoms with Crippen molar-refractivity contribution in [3.05, 3.63) is 82.9 Å². The number of phenolic OH excluding ortho intramolecular Hbond substituents is 1. The van der Waals surface area contributed by atoms with Crippen LogP contribution in [0.3, 0.4) is 0 Å². The van der Waals surface area contributed by atoms with Gasteiger partial charge >= 0.3 is 0 Å². The zero-order valence-electron chi connectivity index (χ0n) is 14.7. The lowest BCUT2D eigenvalue weighted by Gasteiger charge is -2.24. The first-order valence-electron chi connectivity index (χ1n) is 8.20. The maximum atomic E-state index is 9.68. The molecule has 0 saturated heterocycles. The average molecular weight is 334 g/mol. The van der Waals surface area contributed by atoms with Gasteiger partial charge in [0, 0.05) is 0 Å². The minimum absolute atomic E-state index is 0.315. The molecule has 0 radical (unpaired) electrons. The molecule has 0 fully saturated rings. The van der Waals surface area contributed by atoms with E-state index in [1.165, 1.54) is 38.2 Å². The summed E-state index contributed by atoms with van der Waals surface area (Å²) in [4.78, 5) is 0. The minimum atomic E-state index is -0.644. The van der Waals surface area contributed by atoms with Crippen LogP contribution < -0.4 is 15.9 Å². The summed E-state index contributed by atoms with van der Waals surface area (Å²) in [6, 6.07) is 20.9. The minimum Gasteiger partial charge on any atom is -0.508 e. The molecule has 0 amide bonds. The molecule has 3 rings (SSSR count). The molecule has 0 aliphatic rings. The summed E-state index contributed by atoms with van der Waals surface area (Å²) in [5, 5.41) is 13.7. The first kappa shape index (κ1) is 16.7. The standard InChI is InChI=1S/C22H23OP/c1-15-7-5-9-21(17(15)3)24(20-13-11-19(23)12-14-20)22-10-6-8-16(2)18(22)4/h5-14,23H,1-4H3. The van der Waals surface area contributed by atoms with Crippen LogP contribution in [0.5, 0.6) is 5.75 Å². The Labute approximate surface area is 145 Å². The highest BCUT2D eigenvalue weighted by atomic mass is 31.1. The van der Waals surface area contributed by atoms with Crippen LogP contribution in [-0.4, -0.2) is 5.11 Å². The smallest absolute Gasteiger partial charge is 0.115 e. The molecule has 0 aromatic heterocycles. The quantitative estimate of drug-likeness (QED) is 0.705. The Morgan fingerprint density at radius 1 is 0.625 bits per heavy atom. The van der Waals surface area contributed by atoms with Gasteiger partial charge < -0.3 is 5.11 Å². The van der Waals surface area contributed by atoms with Crippen molar-refractivity contribution >= 4 is 23.8 Å². The van der Waals surface area contributed by atoms with Gasteiger partial charge in [0.25, 0.3) is 0 Å². The van der Waals surface area contributed by atoms with Crippen molar-refractivity contribution in [3.8, 4) is 5.75 Å². The first-order chi connectivity index (χ1) is 11.5. The Hall–Kier alpha value is -2.11. The van der Waals surface area contributed by atoms with Crippen molar-refractivity contribution in [1.29, 1.82) is 0 Å². The Morgan fingerprint density at radius 3 is 1.54 bits per heavy atom. The van der Waals surface area contributed by atoms with E-state index in [1.54, 1.807) is 12.1 Å². The maximum Gasteiger partial charge on any atom is 0.115 e. The summed E-state index contributed by atoms with van der Waals surface area (Å²) in [5.41, 5.74) is 5.36. The molecule has 3 aromatic carbocycles. The molecule has 3 aromatic rings. The second kappa shape index (κ2) is 6.79. The van der Waals surface area contributed by atoms with E-state index in [1.807, 2.05) is 0 Å². The van der Waals surface area contributed by atoms with Crippen molar-refractivity contribution in [1.82, 2.24) is 0 Å². The van der Waals surface area contributed by atoms with E-state index in [2.05, 4.69) is 76.2 Å². The van der Waals surface area contributed by atoms with Crippen LogP contribution in [0.4, 0.5) is 0 Å². The molecule has 0 bridgehead atoms. The van der Waals surface area contributed by atoms with E-state index < -0.39 is 7.92 Å². The van der Waals surface area contributed by atoms with Gasteiger partial charge in [0.1, 0.15) is 5.75 Å². The predicted octanol–water partition coefficient (Wildman–Crippen LogP) is 4.38. The number of hydrogen-bond donors (Lipinski definition) is 1. The molecule has 2 heteroatoms. The molecule has 0 atom stereocenters. The monoisotopic (exact) mass is 334 g/mol. The van der Waals surface area contributed by atoms with E-state index in [-0.39, 0.29) is 0 Å². The summed E-state index contributed by atoms with van der Waals surface area (Å²) >= 11 is 0. The molecular formula is C22H23OP. The lowest BCUT2D eigenvalue weighted by atomic mass is 10.1. The van der Waals surface area contributed by atoms with E-state index in [0.29, 0.717) is 5.75 Å². The molecule has 0 unspecified atom stereocenters. The highest BCUT2D eigenvalue weighted by molar-refractivity contribution is 7.80. The highest BCUT2D eigenvalue weighted by Gasteiger charge is 2.21. The Balaban J connectivity index is 2.27. The van der Waals surface area contributed by atoms with Crippen LogP contribution >= 0.6 is 7.92 Å². The fourth-order valence-corrected chi connectivity index (χ4v) is 5.72. The van der Waals surface area contributed by atoms with Crippen LogP contribution in [0.1, 0.15) is 22.3 Å². The predicted molar refractivity (Wildman–Crippen MR) is 106 cm³/mol. The second-order valence-corrected chi connectivity index (χ2v) is 8.44.